The van der Waals surface area contributed by atoms with Gasteiger partial charge in [0.15, 0.2) is 0 Å². The van der Waals surface area contributed by atoms with Crippen LogP contribution in [-0.4, -0.2) is 54.7 Å². The monoisotopic (exact) mass is 340 g/mol. The van der Waals surface area contributed by atoms with Crippen LogP contribution >= 0.6 is 0 Å². The third-order valence-corrected chi connectivity index (χ3v) is 3.68. The van der Waals surface area contributed by atoms with Crippen LogP contribution in [0.25, 0.3) is 0 Å². The Hall–Kier alpha value is -2.05. The summed E-state index contributed by atoms with van der Waals surface area (Å²) in [5, 5.41) is 2.70. The minimum Gasteiger partial charge on any atom is -0.467 e. The number of nitrogens with zero attached hydrogens (tertiary/aromatic N) is 1. The smallest absolute Gasteiger partial charge is 0.407 e. The maximum absolute atomic E-state index is 12.1. The van der Waals surface area contributed by atoms with E-state index in [1.165, 1.54) is 12.0 Å². The van der Waals surface area contributed by atoms with Gasteiger partial charge in [-0.3, -0.25) is 4.79 Å². The SMILES string of the molecule is COC(=O)C(C)N1CCC(CCNC(=O)OC(C)(C)C)=CCC1=O. The molecular weight excluding hydrogens is 312 g/mol. The van der Waals surface area contributed by atoms with Crippen molar-refractivity contribution in [1.29, 1.82) is 0 Å². The summed E-state index contributed by atoms with van der Waals surface area (Å²) in [5.74, 6) is -0.513. The van der Waals surface area contributed by atoms with Crippen molar-refractivity contribution in [3.8, 4) is 0 Å². The summed E-state index contributed by atoms with van der Waals surface area (Å²) in [6.45, 7) is 8.00. The third kappa shape index (κ3) is 6.60. The molecular formula is C17H28N2O5. The highest BCUT2D eigenvalue weighted by Gasteiger charge is 2.27. The molecule has 0 aromatic carbocycles. The van der Waals surface area contributed by atoms with Gasteiger partial charge in [-0.2, -0.15) is 0 Å². The number of amides is 2. The molecule has 0 aromatic rings. The molecule has 1 rings (SSSR count). The lowest BCUT2D eigenvalue weighted by Crippen LogP contribution is -2.43. The molecule has 1 heterocycles. The number of rotatable bonds is 5. The van der Waals surface area contributed by atoms with E-state index < -0.39 is 23.7 Å². The number of ether oxygens (including phenoxy) is 2. The summed E-state index contributed by atoms with van der Waals surface area (Å²) in [5.41, 5.74) is 0.557. The highest BCUT2D eigenvalue weighted by molar-refractivity contribution is 5.85. The van der Waals surface area contributed by atoms with E-state index in [4.69, 9.17) is 9.47 Å². The van der Waals surface area contributed by atoms with E-state index in [2.05, 4.69) is 5.32 Å². The molecule has 2 amide bonds. The zero-order valence-corrected chi connectivity index (χ0v) is 15.2. The second-order valence-corrected chi connectivity index (χ2v) is 6.78. The lowest BCUT2D eigenvalue weighted by molar-refractivity contribution is -0.151. The fourth-order valence-electron chi connectivity index (χ4n) is 2.41. The number of esters is 1. The van der Waals surface area contributed by atoms with E-state index in [9.17, 15) is 14.4 Å². The van der Waals surface area contributed by atoms with E-state index >= 15 is 0 Å². The maximum Gasteiger partial charge on any atom is 0.407 e. The van der Waals surface area contributed by atoms with Crippen molar-refractivity contribution in [3.63, 3.8) is 0 Å². The first-order valence-corrected chi connectivity index (χ1v) is 8.16. The Kier molecular flexibility index (Phi) is 7.25. The molecule has 1 aliphatic rings. The standard InChI is InChI=1S/C17H28N2O5/c1-12(15(21)23-5)19-11-9-13(6-7-14(19)20)8-10-18-16(22)24-17(2,3)4/h6,12H,7-11H2,1-5H3,(H,18,22). The van der Waals surface area contributed by atoms with Gasteiger partial charge < -0.3 is 19.7 Å². The first kappa shape index (κ1) is 20.0. The Morgan fingerprint density at radius 1 is 1.38 bits per heavy atom. The van der Waals surface area contributed by atoms with Crippen LogP contribution in [0.5, 0.6) is 0 Å². The van der Waals surface area contributed by atoms with Crippen LogP contribution in [0.3, 0.4) is 0 Å². The van der Waals surface area contributed by atoms with E-state index in [0.29, 0.717) is 25.9 Å². The van der Waals surface area contributed by atoms with Crippen LogP contribution in [0, 0.1) is 0 Å². The van der Waals surface area contributed by atoms with E-state index in [-0.39, 0.29) is 12.3 Å². The third-order valence-electron chi connectivity index (χ3n) is 3.68. The van der Waals surface area contributed by atoms with Crippen LogP contribution in [0.1, 0.15) is 47.0 Å². The Morgan fingerprint density at radius 3 is 2.62 bits per heavy atom. The van der Waals surface area contributed by atoms with Crippen LogP contribution in [-0.2, 0) is 19.1 Å². The maximum atomic E-state index is 12.1. The summed E-state index contributed by atoms with van der Waals surface area (Å²) >= 11 is 0. The zero-order chi connectivity index (χ0) is 18.3. The summed E-state index contributed by atoms with van der Waals surface area (Å²) in [7, 11) is 1.31. The minimum atomic E-state index is -0.588. The van der Waals surface area contributed by atoms with Gasteiger partial charge in [0, 0.05) is 19.5 Å². The van der Waals surface area contributed by atoms with Crippen molar-refractivity contribution in [3.05, 3.63) is 11.6 Å². The Bertz CT molecular complexity index is 508. The molecule has 24 heavy (non-hydrogen) atoms. The van der Waals surface area contributed by atoms with E-state index in [1.807, 2.05) is 26.8 Å². The number of nitrogens with one attached hydrogen (secondary N) is 1. The van der Waals surface area contributed by atoms with Gasteiger partial charge in [0.25, 0.3) is 0 Å². The number of hydrogen-bond donors (Lipinski definition) is 1. The van der Waals surface area contributed by atoms with E-state index in [1.54, 1.807) is 6.92 Å². The van der Waals surface area contributed by atoms with Gasteiger partial charge >= 0.3 is 12.1 Å². The predicted molar refractivity (Wildman–Crippen MR) is 89.4 cm³/mol. The van der Waals surface area contributed by atoms with Crippen LogP contribution < -0.4 is 5.32 Å². The van der Waals surface area contributed by atoms with Crippen LogP contribution in [0.15, 0.2) is 11.6 Å². The average Bonchev–Trinajstić information content (AvgIpc) is 2.66. The lowest BCUT2D eigenvalue weighted by atomic mass is 10.1. The molecule has 0 spiro atoms. The minimum absolute atomic E-state index is 0.0944. The molecule has 136 valence electrons. The normalized spacial score (nSPS) is 16.8. The topological polar surface area (TPSA) is 84.9 Å². The van der Waals surface area contributed by atoms with Gasteiger partial charge in [0.05, 0.1) is 7.11 Å². The molecule has 0 aromatic heterocycles. The molecule has 0 fully saturated rings. The quantitative estimate of drug-likeness (QED) is 0.611. The van der Waals surface area contributed by atoms with Crippen LogP contribution in [0.4, 0.5) is 4.79 Å². The molecule has 1 N–H and O–H groups in total. The second kappa shape index (κ2) is 8.70. The first-order valence-electron chi connectivity index (χ1n) is 8.16. The summed E-state index contributed by atoms with van der Waals surface area (Å²) < 4.78 is 9.87. The molecule has 0 aliphatic carbocycles. The highest BCUT2D eigenvalue weighted by Crippen LogP contribution is 2.17. The lowest BCUT2D eigenvalue weighted by Gasteiger charge is -2.26. The molecule has 7 nitrogen and oxygen atoms in total. The zero-order valence-electron chi connectivity index (χ0n) is 15.2. The van der Waals surface area contributed by atoms with Crippen LogP contribution in [0.2, 0.25) is 0 Å². The summed E-state index contributed by atoms with van der Waals surface area (Å²) in [6.07, 6.45) is 3.00. The average molecular weight is 340 g/mol. The Labute approximate surface area is 143 Å². The Morgan fingerprint density at radius 2 is 2.04 bits per heavy atom. The van der Waals surface area contributed by atoms with Crippen molar-refractivity contribution in [2.75, 3.05) is 20.2 Å². The Balaban J connectivity index is 2.46. The number of carbonyl (C=O) groups excluding carboxylic acids is 3. The number of carbonyl (C=O) groups is 3. The van der Waals surface area contributed by atoms with E-state index in [0.717, 1.165) is 5.57 Å². The van der Waals surface area contributed by atoms with Crippen molar-refractivity contribution < 1.29 is 23.9 Å². The second-order valence-electron chi connectivity index (χ2n) is 6.78. The number of hydrogen-bond acceptors (Lipinski definition) is 5. The van der Waals surface area contributed by atoms with Gasteiger partial charge in [0.2, 0.25) is 5.91 Å². The molecule has 0 bridgehead atoms. The summed E-state index contributed by atoms with van der Waals surface area (Å²) in [6, 6.07) is -0.588. The number of alkyl carbamates (subject to hydrolysis) is 1. The fourth-order valence-corrected chi connectivity index (χ4v) is 2.41. The highest BCUT2D eigenvalue weighted by atomic mass is 16.6. The first-order chi connectivity index (χ1) is 11.1. The van der Waals surface area contributed by atoms with Gasteiger partial charge in [0.1, 0.15) is 11.6 Å². The molecule has 7 heteroatoms. The molecule has 1 aliphatic heterocycles. The molecule has 1 atom stereocenters. The number of methoxy groups -OCH3 is 1. The van der Waals surface area contributed by atoms with Gasteiger partial charge in [-0.25, -0.2) is 9.59 Å². The molecule has 0 saturated heterocycles. The molecule has 1 unspecified atom stereocenters. The predicted octanol–water partition coefficient (Wildman–Crippen LogP) is 2.01. The van der Waals surface area contributed by atoms with Crippen molar-refractivity contribution in [2.45, 2.75) is 58.6 Å². The van der Waals surface area contributed by atoms with Crippen molar-refractivity contribution in [1.82, 2.24) is 10.2 Å². The van der Waals surface area contributed by atoms with Gasteiger partial charge in [-0.05, 0) is 40.5 Å². The van der Waals surface area contributed by atoms with Crippen molar-refractivity contribution >= 4 is 18.0 Å². The molecule has 0 saturated carbocycles. The van der Waals surface area contributed by atoms with Crippen molar-refractivity contribution in [2.24, 2.45) is 0 Å². The summed E-state index contributed by atoms with van der Waals surface area (Å²) in [4.78, 5) is 36.9. The van der Waals surface area contributed by atoms with Gasteiger partial charge in [-0.15, -0.1) is 0 Å². The van der Waals surface area contributed by atoms with Gasteiger partial charge in [-0.1, -0.05) is 11.6 Å². The molecule has 0 radical (unpaired) electrons. The fraction of sp³-hybridized carbons (Fsp3) is 0.706. The largest absolute Gasteiger partial charge is 0.467 e.